The lowest BCUT2D eigenvalue weighted by Gasteiger charge is -2.01. The highest BCUT2D eigenvalue weighted by Gasteiger charge is 2.03. The molecule has 3 heteroatoms. The summed E-state index contributed by atoms with van der Waals surface area (Å²) in [5.74, 6) is -0.396. The SMILES string of the molecule is N#CCCc1cccc(N)c1F. The van der Waals surface area contributed by atoms with Crippen LogP contribution >= 0.6 is 0 Å². The maximum Gasteiger partial charge on any atom is 0.149 e. The fourth-order valence-corrected chi connectivity index (χ4v) is 0.983. The number of anilines is 1. The molecule has 0 heterocycles. The van der Waals surface area contributed by atoms with Gasteiger partial charge >= 0.3 is 0 Å². The first-order valence-electron chi connectivity index (χ1n) is 3.65. The summed E-state index contributed by atoms with van der Waals surface area (Å²) in [5, 5.41) is 8.28. The smallest absolute Gasteiger partial charge is 0.149 e. The van der Waals surface area contributed by atoms with Crippen LogP contribution in [0, 0.1) is 17.1 Å². The van der Waals surface area contributed by atoms with Crippen molar-refractivity contribution in [3.8, 4) is 6.07 Å². The molecule has 0 saturated carbocycles. The topological polar surface area (TPSA) is 49.8 Å². The Morgan fingerprint density at radius 2 is 2.25 bits per heavy atom. The van der Waals surface area contributed by atoms with Crippen LogP contribution in [-0.4, -0.2) is 0 Å². The Bertz CT molecular complexity index is 315. The van der Waals surface area contributed by atoms with Crippen molar-refractivity contribution in [2.45, 2.75) is 12.8 Å². The van der Waals surface area contributed by atoms with Gasteiger partial charge in [0.2, 0.25) is 0 Å². The lowest BCUT2D eigenvalue weighted by atomic mass is 10.1. The predicted octanol–water partition coefficient (Wildman–Crippen LogP) is 1.86. The maximum atomic E-state index is 13.1. The van der Waals surface area contributed by atoms with Crippen molar-refractivity contribution in [1.29, 1.82) is 5.26 Å². The number of aryl methyl sites for hydroxylation is 1. The van der Waals surface area contributed by atoms with Gasteiger partial charge in [0.15, 0.2) is 0 Å². The molecule has 2 N–H and O–H groups in total. The van der Waals surface area contributed by atoms with E-state index >= 15 is 0 Å². The van der Waals surface area contributed by atoms with E-state index in [0.717, 1.165) is 0 Å². The average Bonchev–Trinajstić information content (AvgIpc) is 2.08. The molecular formula is C9H9FN2. The first-order valence-corrected chi connectivity index (χ1v) is 3.65. The number of nitriles is 1. The third-order valence-electron chi connectivity index (χ3n) is 1.61. The fourth-order valence-electron chi connectivity index (χ4n) is 0.983. The highest BCUT2D eigenvalue weighted by atomic mass is 19.1. The van der Waals surface area contributed by atoms with Crippen molar-refractivity contribution in [3.63, 3.8) is 0 Å². The summed E-state index contributed by atoms with van der Waals surface area (Å²) in [6, 6.07) is 6.79. The van der Waals surface area contributed by atoms with Gasteiger partial charge in [-0.05, 0) is 18.1 Å². The summed E-state index contributed by atoms with van der Waals surface area (Å²) in [4.78, 5) is 0. The van der Waals surface area contributed by atoms with Gasteiger partial charge in [-0.25, -0.2) is 4.39 Å². The zero-order valence-electron chi connectivity index (χ0n) is 6.55. The van der Waals surface area contributed by atoms with Gasteiger partial charge in [-0.15, -0.1) is 0 Å². The van der Waals surface area contributed by atoms with Crippen molar-refractivity contribution in [1.82, 2.24) is 0 Å². The van der Waals surface area contributed by atoms with Gasteiger partial charge in [-0.2, -0.15) is 5.26 Å². The largest absolute Gasteiger partial charge is 0.396 e. The summed E-state index contributed by atoms with van der Waals surface area (Å²) in [7, 11) is 0. The molecule has 0 aliphatic carbocycles. The van der Waals surface area contributed by atoms with E-state index in [9.17, 15) is 4.39 Å². The Hall–Kier alpha value is -1.56. The molecule has 0 saturated heterocycles. The van der Waals surface area contributed by atoms with Gasteiger partial charge in [0.1, 0.15) is 5.82 Å². The van der Waals surface area contributed by atoms with E-state index < -0.39 is 5.82 Å². The minimum Gasteiger partial charge on any atom is -0.396 e. The van der Waals surface area contributed by atoms with Crippen molar-refractivity contribution >= 4 is 5.69 Å². The van der Waals surface area contributed by atoms with Gasteiger partial charge in [-0.1, -0.05) is 12.1 Å². The molecule has 1 aromatic rings. The van der Waals surface area contributed by atoms with E-state index in [2.05, 4.69) is 0 Å². The van der Waals surface area contributed by atoms with E-state index in [1.807, 2.05) is 6.07 Å². The molecule has 62 valence electrons. The highest BCUT2D eigenvalue weighted by Crippen LogP contribution is 2.15. The normalized spacial score (nSPS) is 9.33. The van der Waals surface area contributed by atoms with Crippen LogP contribution in [0.4, 0.5) is 10.1 Å². The number of hydrogen-bond acceptors (Lipinski definition) is 2. The molecule has 12 heavy (non-hydrogen) atoms. The lowest BCUT2D eigenvalue weighted by Crippen LogP contribution is -1.95. The standard InChI is InChI=1S/C9H9FN2/c10-9-7(4-2-6-11)3-1-5-8(9)12/h1,3,5H,2,4,12H2. The minimum absolute atomic E-state index is 0.144. The number of nitrogen functional groups attached to an aromatic ring is 1. The van der Waals surface area contributed by atoms with E-state index in [0.29, 0.717) is 18.4 Å². The quantitative estimate of drug-likeness (QED) is 0.678. The van der Waals surface area contributed by atoms with Crippen LogP contribution in [0.25, 0.3) is 0 Å². The Morgan fingerprint density at radius 3 is 2.92 bits per heavy atom. The van der Waals surface area contributed by atoms with E-state index in [1.54, 1.807) is 12.1 Å². The molecule has 1 aromatic carbocycles. The van der Waals surface area contributed by atoms with E-state index in [1.165, 1.54) is 6.07 Å². The van der Waals surface area contributed by atoms with Crippen molar-refractivity contribution in [2.24, 2.45) is 0 Å². The second-order valence-corrected chi connectivity index (χ2v) is 2.48. The van der Waals surface area contributed by atoms with Crippen LogP contribution < -0.4 is 5.73 Å². The van der Waals surface area contributed by atoms with Crippen LogP contribution in [0.2, 0.25) is 0 Å². The second kappa shape index (κ2) is 3.72. The van der Waals surface area contributed by atoms with Crippen molar-refractivity contribution in [3.05, 3.63) is 29.6 Å². The first kappa shape index (κ1) is 8.54. The van der Waals surface area contributed by atoms with Gasteiger partial charge < -0.3 is 5.73 Å². The summed E-state index contributed by atoms with van der Waals surface area (Å²) < 4.78 is 13.1. The molecule has 0 aliphatic heterocycles. The molecule has 0 fully saturated rings. The molecule has 0 bridgehead atoms. The van der Waals surface area contributed by atoms with Gasteiger partial charge in [0.05, 0.1) is 11.8 Å². The Kier molecular flexibility index (Phi) is 2.65. The third kappa shape index (κ3) is 1.73. The maximum absolute atomic E-state index is 13.1. The molecule has 0 amide bonds. The molecule has 0 aliphatic rings. The number of benzene rings is 1. The highest BCUT2D eigenvalue weighted by molar-refractivity contribution is 5.42. The number of nitrogens with zero attached hydrogens (tertiary/aromatic N) is 1. The molecule has 0 atom stereocenters. The van der Waals surface area contributed by atoms with Gasteiger partial charge in [-0.3, -0.25) is 0 Å². The zero-order valence-corrected chi connectivity index (χ0v) is 6.55. The molecule has 0 radical (unpaired) electrons. The zero-order chi connectivity index (χ0) is 8.97. The Morgan fingerprint density at radius 1 is 1.50 bits per heavy atom. The molecule has 1 rings (SSSR count). The van der Waals surface area contributed by atoms with E-state index in [4.69, 9.17) is 11.0 Å². The van der Waals surface area contributed by atoms with Crippen LogP contribution in [-0.2, 0) is 6.42 Å². The Balaban J connectivity index is 2.86. The summed E-state index contributed by atoms with van der Waals surface area (Å²) >= 11 is 0. The fraction of sp³-hybridized carbons (Fsp3) is 0.222. The van der Waals surface area contributed by atoms with Crippen LogP contribution in [0.3, 0.4) is 0 Å². The van der Waals surface area contributed by atoms with Crippen LogP contribution in [0.15, 0.2) is 18.2 Å². The van der Waals surface area contributed by atoms with Crippen LogP contribution in [0.1, 0.15) is 12.0 Å². The summed E-state index contributed by atoms with van der Waals surface area (Å²) in [6.45, 7) is 0. The third-order valence-corrected chi connectivity index (χ3v) is 1.61. The predicted molar refractivity (Wildman–Crippen MR) is 44.7 cm³/mol. The van der Waals surface area contributed by atoms with Gasteiger partial charge in [0.25, 0.3) is 0 Å². The molecule has 2 nitrogen and oxygen atoms in total. The van der Waals surface area contributed by atoms with Gasteiger partial charge in [0, 0.05) is 6.42 Å². The molecule has 0 aromatic heterocycles. The summed E-state index contributed by atoms with van der Waals surface area (Å²) in [6.07, 6.45) is 0.744. The number of halogens is 1. The van der Waals surface area contributed by atoms with Crippen molar-refractivity contribution in [2.75, 3.05) is 5.73 Å². The minimum atomic E-state index is -0.396. The van der Waals surface area contributed by atoms with Crippen LogP contribution in [0.5, 0.6) is 0 Å². The monoisotopic (exact) mass is 164 g/mol. The second-order valence-electron chi connectivity index (χ2n) is 2.48. The average molecular weight is 164 g/mol. The first-order chi connectivity index (χ1) is 5.75. The molecule has 0 unspecified atom stereocenters. The summed E-state index contributed by atoms with van der Waals surface area (Å²) in [5.41, 5.74) is 5.99. The lowest BCUT2D eigenvalue weighted by molar-refractivity contribution is 0.614. The van der Waals surface area contributed by atoms with Crippen molar-refractivity contribution < 1.29 is 4.39 Å². The number of hydrogen-bond donors (Lipinski definition) is 1. The number of nitrogens with two attached hydrogens (primary N) is 1. The molecule has 0 spiro atoms. The van der Waals surface area contributed by atoms with E-state index in [-0.39, 0.29) is 5.69 Å². The number of rotatable bonds is 2. The molecular weight excluding hydrogens is 155 g/mol. The Labute approximate surface area is 70.4 Å².